The minimum atomic E-state index is -0.529. The Labute approximate surface area is 119 Å². The SMILES string of the molecule is COc1ccc(NCC(O)COCC2CCCO2)cc1. The zero-order valence-corrected chi connectivity index (χ0v) is 11.9. The standard InChI is InChI=1S/C15H23NO4/c1-18-14-6-4-12(5-7-14)16-9-13(17)10-19-11-15-3-2-8-20-15/h4-7,13,15-17H,2-3,8-11H2,1H3. The van der Waals surface area contributed by atoms with Gasteiger partial charge in [-0.15, -0.1) is 0 Å². The number of rotatable bonds is 8. The van der Waals surface area contributed by atoms with Crippen LogP contribution in [0.15, 0.2) is 24.3 Å². The number of benzene rings is 1. The molecule has 0 bridgehead atoms. The Hall–Kier alpha value is -1.30. The van der Waals surface area contributed by atoms with Crippen LogP contribution in [0.2, 0.25) is 0 Å². The second kappa shape index (κ2) is 8.09. The molecule has 0 radical (unpaired) electrons. The fraction of sp³-hybridized carbons (Fsp3) is 0.600. The number of anilines is 1. The van der Waals surface area contributed by atoms with Gasteiger partial charge in [0.15, 0.2) is 0 Å². The molecule has 1 aliphatic rings. The number of aliphatic hydroxyl groups excluding tert-OH is 1. The Morgan fingerprint density at radius 2 is 2.20 bits per heavy atom. The van der Waals surface area contributed by atoms with Crippen molar-refractivity contribution in [3.05, 3.63) is 24.3 Å². The smallest absolute Gasteiger partial charge is 0.119 e. The molecule has 2 N–H and O–H groups in total. The topological polar surface area (TPSA) is 60.0 Å². The number of aliphatic hydroxyl groups is 1. The quantitative estimate of drug-likeness (QED) is 0.759. The molecule has 1 aromatic carbocycles. The van der Waals surface area contributed by atoms with Gasteiger partial charge in [-0.25, -0.2) is 0 Å². The summed E-state index contributed by atoms with van der Waals surface area (Å²) in [5.74, 6) is 0.816. The van der Waals surface area contributed by atoms with Gasteiger partial charge in [-0.2, -0.15) is 0 Å². The van der Waals surface area contributed by atoms with E-state index in [0.29, 0.717) is 19.8 Å². The van der Waals surface area contributed by atoms with Crippen LogP contribution in [0.4, 0.5) is 5.69 Å². The number of hydrogen-bond donors (Lipinski definition) is 2. The highest BCUT2D eigenvalue weighted by molar-refractivity contribution is 5.46. The van der Waals surface area contributed by atoms with E-state index in [-0.39, 0.29) is 6.10 Å². The average molecular weight is 281 g/mol. The molecule has 20 heavy (non-hydrogen) atoms. The molecular formula is C15H23NO4. The van der Waals surface area contributed by atoms with Crippen LogP contribution in [0.25, 0.3) is 0 Å². The maximum atomic E-state index is 9.83. The normalized spacial score (nSPS) is 19.8. The van der Waals surface area contributed by atoms with Gasteiger partial charge in [0.25, 0.3) is 0 Å². The van der Waals surface area contributed by atoms with Crippen molar-refractivity contribution in [2.45, 2.75) is 25.0 Å². The van der Waals surface area contributed by atoms with E-state index in [2.05, 4.69) is 5.32 Å². The van der Waals surface area contributed by atoms with E-state index in [4.69, 9.17) is 14.2 Å². The summed E-state index contributed by atoms with van der Waals surface area (Å²) in [6.45, 7) is 2.18. The van der Waals surface area contributed by atoms with Crippen molar-refractivity contribution < 1.29 is 19.3 Å². The van der Waals surface area contributed by atoms with E-state index >= 15 is 0 Å². The van der Waals surface area contributed by atoms with E-state index in [0.717, 1.165) is 30.9 Å². The van der Waals surface area contributed by atoms with Crippen molar-refractivity contribution >= 4 is 5.69 Å². The largest absolute Gasteiger partial charge is 0.497 e. The Bertz CT molecular complexity index is 376. The minimum absolute atomic E-state index is 0.205. The van der Waals surface area contributed by atoms with E-state index in [1.54, 1.807) is 7.11 Å². The van der Waals surface area contributed by atoms with Crippen LogP contribution in [-0.4, -0.2) is 50.8 Å². The number of methoxy groups -OCH3 is 1. The molecule has 0 amide bonds. The highest BCUT2D eigenvalue weighted by Crippen LogP contribution is 2.15. The van der Waals surface area contributed by atoms with Crippen molar-refractivity contribution in [3.8, 4) is 5.75 Å². The molecule has 2 atom stereocenters. The van der Waals surface area contributed by atoms with E-state index in [1.165, 1.54) is 0 Å². The molecule has 0 saturated carbocycles. The molecule has 0 spiro atoms. The Balaban J connectivity index is 1.59. The van der Waals surface area contributed by atoms with Crippen LogP contribution in [0.5, 0.6) is 5.75 Å². The van der Waals surface area contributed by atoms with Crippen LogP contribution < -0.4 is 10.1 Å². The zero-order valence-electron chi connectivity index (χ0n) is 11.9. The third kappa shape index (κ3) is 5.00. The van der Waals surface area contributed by atoms with Crippen LogP contribution in [-0.2, 0) is 9.47 Å². The predicted molar refractivity (Wildman–Crippen MR) is 77.3 cm³/mol. The number of hydrogen-bond acceptors (Lipinski definition) is 5. The van der Waals surface area contributed by atoms with Crippen LogP contribution >= 0.6 is 0 Å². The summed E-state index contributed by atoms with van der Waals surface area (Å²) >= 11 is 0. The zero-order chi connectivity index (χ0) is 14.2. The van der Waals surface area contributed by atoms with Crippen molar-refractivity contribution in [1.29, 1.82) is 0 Å². The van der Waals surface area contributed by atoms with Gasteiger partial charge in [0.2, 0.25) is 0 Å². The summed E-state index contributed by atoms with van der Waals surface area (Å²) in [6.07, 6.45) is 1.84. The van der Waals surface area contributed by atoms with Crippen LogP contribution in [0.3, 0.4) is 0 Å². The Morgan fingerprint density at radius 3 is 2.85 bits per heavy atom. The first-order chi connectivity index (χ1) is 9.78. The van der Waals surface area contributed by atoms with Crippen LogP contribution in [0.1, 0.15) is 12.8 Å². The molecular weight excluding hydrogens is 258 g/mol. The third-order valence-corrected chi connectivity index (χ3v) is 3.27. The monoisotopic (exact) mass is 281 g/mol. The molecule has 5 nitrogen and oxygen atoms in total. The lowest BCUT2D eigenvalue weighted by atomic mass is 10.2. The summed E-state index contributed by atoms with van der Waals surface area (Å²) < 4.78 is 16.0. The van der Waals surface area contributed by atoms with E-state index < -0.39 is 6.10 Å². The van der Waals surface area contributed by atoms with Crippen molar-refractivity contribution in [1.82, 2.24) is 0 Å². The summed E-state index contributed by atoms with van der Waals surface area (Å²) in [5.41, 5.74) is 0.948. The molecule has 0 aliphatic carbocycles. The fourth-order valence-corrected chi connectivity index (χ4v) is 2.11. The lowest BCUT2D eigenvalue weighted by molar-refractivity contribution is -0.0137. The second-order valence-electron chi connectivity index (χ2n) is 4.94. The molecule has 1 saturated heterocycles. The van der Waals surface area contributed by atoms with Crippen LogP contribution in [0, 0.1) is 0 Å². The lowest BCUT2D eigenvalue weighted by Crippen LogP contribution is -2.27. The van der Waals surface area contributed by atoms with Gasteiger partial charge in [-0.3, -0.25) is 0 Å². The number of nitrogens with one attached hydrogen (secondary N) is 1. The molecule has 1 heterocycles. The van der Waals surface area contributed by atoms with Gasteiger partial charge in [-0.05, 0) is 37.1 Å². The molecule has 1 aliphatic heterocycles. The molecule has 5 heteroatoms. The highest BCUT2D eigenvalue weighted by Gasteiger charge is 2.16. The average Bonchev–Trinajstić information content (AvgIpc) is 2.99. The Kier molecular flexibility index (Phi) is 6.11. The predicted octanol–water partition coefficient (Wildman–Crippen LogP) is 1.66. The molecule has 1 fully saturated rings. The molecule has 1 aromatic rings. The second-order valence-corrected chi connectivity index (χ2v) is 4.94. The minimum Gasteiger partial charge on any atom is -0.497 e. The first kappa shape index (κ1) is 15.1. The van der Waals surface area contributed by atoms with Gasteiger partial charge < -0.3 is 24.6 Å². The summed E-state index contributed by atoms with van der Waals surface area (Å²) in [6, 6.07) is 7.59. The highest BCUT2D eigenvalue weighted by atomic mass is 16.5. The van der Waals surface area contributed by atoms with Crippen molar-refractivity contribution in [2.24, 2.45) is 0 Å². The summed E-state index contributed by atoms with van der Waals surface area (Å²) in [5, 5.41) is 13.0. The number of ether oxygens (including phenoxy) is 3. The molecule has 2 rings (SSSR count). The van der Waals surface area contributed by atoms with Gasteiger partial charge in [-0.1, -0.05) is 0 Å². The van der Waals surface area contributed by atoms with Gasteiger partial charge in [0.05, 0.1) is 32.5 Å². The maximum absolute atomic E-state index is 9.83. The summed E-state index contributed by atoms with van der Waals surface area (Å²) in [7, 11) is 1.64. The van der Waals surface area contributed by atoms with Crippen molar-refractivity contribution in [3.63, 3.8) is 0 Å². The fourth-order valence-electron chi connectivity index (χ4n) is 2.11. The maximum Gasteiger partial charge on any atom is 0.119 e. The van der Waals surface area contributed by atoms with Gasteiger partial charge in [0.1, 0.15) is 5.75 Å². The van der Waals surface area contributed by atoms with Gasteiger partial charge in [0, 0.05) is 18.8 Å². The van der Waals surface area contributed by atoms with E-state index in [1.807, 2.05) is 24.3 Å². The first-order valence-electron chi connectivity index (χ1n) is 7.03. The molecule has 112 valence electrons. The Morgan fingerprint density at radius 1 is 1.40 bits per heavy atom. The molecule has 0 aromatic heterocycles. The first-order valence-corrected chi connectivity index (χ1v) is 7.03. The van der Waals surface area contributed by atoms with E-state index in [9.17, 15) is 5.11 Å². The van der Waals surface area contributed by atoms with Gasteiger partial charge >= 0.3 is 0 Å². The third-order valence-electron chi connectivity index (χ3n) is 3.27. The van der Waals surface area contributed by atoms with Crippen molar-refractivity contribution in [2.75, 3.05) is 38.8 Å². The lowest BCUT2D eigenvalue weighted by Gasteiger charge is -2.15. The summed E-state index contributed by atoms with van der Waals surface area (Å²) in [4.78, 5) is 0. The molecule has 2 unspecified atom stereocenters.